The van der Waals surface area contributed by atoms with Crippen LogP contribution in [0, 0.1) is 0 Å². The number of hydrogen-bond donors (Lipinski definition) is 1. The highest BCUT2D eigenvalue weighted by Crippen LogP contribution is 2.21. The van der Waals surface area contributed by atoms with Gasteiger partial charge in [0.2, 0.25) is 0 Å². The number of ether oxygens (including phenoxy) is 1. The second-order valence-electron chi connectivity index (χ2n) is 5.66. The summed E-state index contributed by atoms with van der Waals surface area (Å²) in [5, 5.41) is 10.3. The lowest BCUT2D eigenvalue weighted by Gasteiger charge is -2.34. The number of aliphatic hydroxyl groups is 1. The molecule has 0 bridgehead atoms. The van der Waals surface area contributed by atoms with Crippen molar-refractivity contribution in [3.63, 3.8) is 0 Å². The van der Waals surface area contributed by atoms with Gasteiger partial charge in [0.05, 0.1) is 6.54 Å². The quantitative estimate of drug-likeness (QED) is 0.940. The molecule has 2 atom stereocenters. The molecule has 0 spiro atoms. The Labute approximate surface area is 135 Å². The number of rotatable bonds is 4. The second kappa shape index (κ2) is 7.24. The van der Waals surface area contributed by atoms with Gasteiger partial charge in [-0.25, -0.2) is 0 Å². The molecule has 23 heavy (non-hydrogen) atoms. The summed E-state index contributed by atoms with van der Waals surface area (Å²) >= 11 is 0. The van der Waals surface area contributed by atoms with Crippen LogP contribution in [0.4, 0.5) is 0 Å². The third-order valence-corrected chi connectivity index (χ3v) is 3.99. The fourth-order valence-electron chi connectivity index (χ4n) is 2.79. The van der Waals surface area contributed by atoms with Gasteiger partial charge in [-0.15, -0.1) is 0 Å². The van der Waals surface area contributed by atoms with Crippen molar-refractivity contribution < 1.29 is 14.6 Å². The summed E-state index contributed by atoms with van der Waals surface area (Å²) in [5.74, 6) is 0.488. The van der Waals surface area contributed by atoms with Gasteiger partial charge >= 0.3 is 0 Å². The topological polar surface area (TPSA) is 62.7 Å². The average Bonchev–Trinajstić information content (AvgIpc) is 2.62. The number of likely N-dealkylation sites (tertiary alicyclic amines) is 1. The van der Waals surface area contributed by atoms with Crippen molar-refractivity contribution in [3.8, 4) is 5.75 Å². The van der Waals surface area contributed by atoms with Crippen LogP contribution in [-0.2, 0) is 4.79 Å². The third-order valence-electron chi connectivity index (χ3n) is 3.99. The minimum absolute atomic E-state index is 0.0573. The van der Waals surface area contributed by atoms with E-state index >= 15 is 0 Å². The summed E-state index contributed by atoms with van der Waals surface area (Å²) < 4.78 is 5.91. The molecule has 1 N–H and O–H groups in total. The van der Waals surface area contributed by atoms with Gasteiger partial charge in [-0.05, 0) is 30.5 Å². The Balaban J connectivity index is 1.63. The SMILES string of the molecule is O=C(C(O)c1ccccc1)N1CCCC(Oc2ccncc2)C1. The Morgan fingerprint density at radius 2 is 1.96 bits per heavy atom. The van der Waals surface area contributed by atoms with E-state index in [0.717, 1.165) is 18.6 Å². The van der Waals surface area contributed by atoms with E-state index in [9.17, 15) is 9.90 Å². The first-order valence-electron chi connectivity index (χ1n) is 7.82. The second-order valence-corrected chi connectivity index (χ2v) is 5.66. The number of carbonyl (C=O) groups is 1. The number of amides is 1. The van der Waals surface area contributed by atoms with Crippen molar-refractivity contribution in [2.45, 2.75) is 25.0 Å². The number of nitrogens with zero attached hydrogens (tertiary/aromatic N) is 2. The van der Waals surface area contributed by atoms with Crippen molar-refractivity contribution in [2.24, 2.45) is 0 Å². The van der Waals surface area contributed by atoms with E-state index in [-0.39, 0.29) is 12.0 Å². The number of benzene rings is 1. The zero-order chi connectivity index (χ0) is 16.1. The monoisotopic (exact) mass is 312 g/mol. The maximum absolute atomic E-state index is 12.5. The van der Waals surface area contributed by atoms with Gasteiger partial charge in [0.15, 0.2) is 6.10 Å². The highest BCUT2D eigenvalue weighted by Gasteiger charge is 2.29. The third kappa shape index (κ3) is 3.87. The van der Waals surface area contributed by atoms with Crippen molar-refractivity contribution in [1.82, 2.24) is 9.88 Å². The average molecular weight is 312 g/mol. The van der Waals surface area contributed by atoms with Crippen LogP contribution >= 0.6 is 0 Å². The van der Waals surface area contributed by atoms with Gasteiger partial charge in [-0.1, -0.05) is 30.3 Å². The van der Waals surface area contributed by atoms with E-state index in [2.05, 4.69) is 4.98 Å². The lowest BCUT2D eigenvalue weighted by Crippen LogP contribution is -2.46. The first kappa shape index (κ1) is 15.5. The summed E-state index contributed by atoms with van der Waals surface area (Å²) in [6.45, 7) is 1.14. The van der Waals surface area contributed by atoms with E-state index in [1.54, 1.807) is 41.6 Å². The molecule has 1 amide bonds. The lowest BCUT2D eigenvalue weighted by molar-refractivity contribution is -0.143. The zero-order valence-corrected chi connectivity index (χ0v) is 12.8. The van der Waals surface area contributed by atoms with Crippen molar-refractivity contribution in [1.29, 1.82) is 0 Å². The van der Waals surface area contributed by atoms with Crippen LogP contribution in [0.5, 0.6) is 5.75 Å². The Morgan fingerprint density at radius 3 is 2.70 bits per heavy atom. The van der Waals surface area contributed by atoms with Crippen LogP contribution in [-0.4, -0.2) is 40.1 Å². The Kier molecular flexibility index (Phi) is 4.88. The maximum atomic E-state index is 12.5. The zero-order valence-electron chi connectivity index (χ0n) is 12.8. The van der Waals surface area contributed by atoms with E-state index < -0.39 is 6.10 Å². The number of piperidine rings is 1. The molecule has 1 aromatic heterocycles. The van der Waals surface area contributed by atoms with Gasteiger partial charge in [0.1, 0.15) is 11.9 Å². The molecule has 1 aromatic carbocycles. The van der Waals surface area contributed by atoms with Crippen LogP contribution in [0.15, 0.2) is 54.9 Å². The minimum Gasteiger partial charge on any atom is -0.488 e. The molecule has 5 heteroatoms. The fraction of sp³-hybridized carbons (Fsp3) is 0.333. The molecule has 120 valence electrons. The van der Waals surface area contributed by atoms with Crippen LogP contribution in [0.1, 0.15) is 24.5 Å². The Morgan fingerprint density at radius 1 is 1.22 bits per heavy atom. The standard InChI is InChI=1S/C18H20N2O3/c21-17(14-5-2-1-3-6-14)18(22)20-12-4-7-16(13-20)23-15-8-10-19-11-9-15/h1-3,5-6,8-11,16-17,21H,4,7,12-13H2. The first-order valence-corrected chi connectivity index (χ1v) is 7.82. The number of pyridine rings is 1. The normalized spacial score (nSPS) is 19.2. The Hall–Kier alpha value is -2.40. The summed E-state index contributed by atoms with van der Waals surface area (Å²) in [7, 11) is 0. The number of aliphatic hydroxyl groups excluding tert-OH is 1. The van der Waals surface area contributed by atoms with E-state index in [0.29, 0.717) is 18.7 Å². The molecule has 0 saturated carbocycles. The van der Waals surface area contributed by atoms with Gasteiger partial charge in [0.25, 0.3) is 5.91 Å². The van der Waals surface area contributed by atoms with Crippen molar-refractivity contribution in [3.05, 3.63) is 60.4 Å². The molecule has 2 unspecified atom stereocenters. The highest BCUT2D eigenvalue weighted by atomic mass is 16.5. The van der Waals surface area contributed by atoms with Crippen molar-refractivity contribution >= 4 is 5.91 Å². The number of carbonyl (C=O) groups excluding carboxylic acids is 1. The van der Waals surface area contributed by atoms with Gasteiger partial charge in [-0.3, -0.25) is 9.78 Å². The molecule has 1 aliphatic heterocycles. The molecule has 2 aromatic rings. The Bertz CT molecular complexity index is 633. The molecule has 5 nitrogen and oxygen atoms in total. The van der Waals surface area contributed by atoms with E-state index in [1.807, 2.05) is 18.2 Å². The number of aromatic nitrogens is 1. The molecular formula is C18H20N2O3. The maximum Gasteiger partial charge on any atom is 0.256 e. The first-order chi connectivity index (χ1) is 11.2. The largest absolute Gasteiger partial charge is 0.488 e. The van der Waals surface area contributed by atoms with Gasteiger partial charge in [0, 0.05) is 18.9 Å². The molecule has 1 fully saturated rings. The molecule has 0 radical (unpaired) electrons. The van der Waals surface area contributed by atoms with Crippen molar-refractivity contribution in [2.75, 3.05) is 13.1 Å². The summed E-state index contributed by atoms with van der Waals surface area (Å²) in [6, 6.07) is 12.6. The highest BCUT2D eigenvalue weighted by molar-refractivity contribution is 5.82. The molecule has 1 aliphatic rings. The lowest BCUT2D eigenvalue weighted by atomic mass is 10.0. The number of hydrogen-bond acceptors (Lipinski definition) is 4. The van der Waals surface area contributed by atoms with E-state index in [1.165, 1.54) is 0 Å². The summed E-state index contributed by atoms with van der Waals surface area (Å²) in [6.07, 6.45) is 3.95. The minimum atomic E-state index is -1.11. The predicted octanol–water partition coefficient (Wildman–Crippen LogP) is 2.18. The predicted molar refractivity (Wildman–Crippen MR) is 85.9 cm³/mol. The van der Waals surface area contributed by atoms with Gasteiger partial charge < -0.3 is 14.7 Å². The van der Waals surface area contributed by atoms with Gasteiger partial charge in [-0.2, -0.15) is 0 Å². The molecule has 3 rings (SSSR count). The molecule has 1 saturated heterocycles. The smallest absolute Gasteiger partial charge is 0.256 e. The fourth-order valence-corrected chi connectivity index (χ4v) is 2.79. The summed E-state index contributed by atoms with van der Waals surface area (Å²) in [5.41, 5.74) is 0.620. The molecular weight excluding hydrogens is 292 g/mol. The molecule has 0 aliphatic carbocycles. The van der Waals surface area contributed by atoms with Crippen LogP contribution in [0.25, 0.3) is 0 Å². The van der Waals surface area contributed by atoms with Crippen LogP contribution in [0.2, 0.25) is 0 Å². The van der Waals surface area contributed by atoms with E-state index in [4.69, 9.17) is 4.74 Å². The molecule has 2 heterocycles. The van der Waals surface area contributed by atoms with Crippen LogP contribution < -0.4 is 4.74 Å². The van der Waals surface area contributed by atoms with Crippen LogP contribution in [0.3, 0.4) is 0 Å². The summed E-state index contributed by atoms with van der Waals surface area (Å²) in [4.78, 5) is 18.2.